The normalized spacial score (nSPS) is 20.0. The third-order valence-corrected chi connectivity index (χ3v) is 7.76. The van der Waals surface area contributed by atoms with Gasteiger partial charge in [0.2, 0.25) is 0 Å². The minimum absolute atomic E-state index is 0.0190. The lowest BCUT2D eigenvalue weighted by Gasteiger charge is -2.15. The summed E-state index contributed by atoms with van der Waals surface area (Å²) in [6.07, 6.45) is 0. The largest absolute Gasteiger partial charge is 0.465 e. The van der Waals surface area contributed by atoms with Crippen molar-refractivity contribution in [3.8, 4) is 0 Å². The number of carbonyl (C=O) groups excluding carboxylic acids is 2. The first-order valence-electron chi connectivity index (χ1n) is 9.20. The first kappa shape index (κ1) is 21.5. The molecule has 0 saturated heterocycles. The van der Waals surface area contributed by atoms with Gasteiger partial charge in [0.05, 0.1) is 18.1 Å². The van der Waals surface area contributed by atoms with Crippen LogP contribution in [0.5, 0.6) is 0 Å². The van der Waals surface area contributed by atoms with Crippen molar-refractivity contribution in [1.29, 1.82) is 0 Å². The molecule has 2 aromatic carbocycles. The van der Waals surface area contributed by atoms with Crippen LogP contribution in [0, 0.1) is 5.41 Å². The van der Waals surface area contributed by atoms with E-state index in [0.29, 0.717) is 5.56 Å². The summed E-state index contributed by atoms with van der Waals surface area (Å²) in [6, 6.07) is 14.7. The number of esters is 2. The van der Waals surface area contributed by atoms with E-state index in [1.165, 1.54) is 12.1 Å². The van der Waals surface area contributed by atoms with Gasteiger partial charge in [-0.1, -0.05) is 46.3 Å². The fraction of sp³-hybridized carbons (Fsp3) is 0.333. The number of hydrogen-bond acceptors (Lipinski definition) is 6. The number of carbonyl (C=O) groups is 2. The molecule has 0 amide bonds. The zero-order chi connectivity index (χ0) is 21.2. The van der Waals surface area contributed by atoms with Gasteiger partial charge >= 0.3 is 11.9 Å². The molecule has 2 atom stereocenters. The van der Waals surface area contributed by atoms with Gasteiger partial charge in [0.15, 0.2) is 15.3 Å². The Morgan fingerprint density at radius 2 is 1.45 bits per heavy atom. The van der Waals surface area contributed by atoms with Crippen LogP contribution in [0.2, 0.25) is 0 Å². The lowest BCUT2D eigenvalue weighted by atomic mass is 9.99. The summed E-state index contributed by atoms with van der Waals surface area (Å²) < 4.78 is 38.0. The van der Waals surface area contributed by atoms with E-state index in [1.54, 1.807) is 56.3 Å². The smallest absolute Gasteiger partial charge is 0.325 e. The summed E-state index contributed by atoms with van der Waals surface area (Å²) in [6.45, 7) is 3.25. The lowest BCUT2D eigenvalue weighted by molar-refractivity contribution is -0.164. The molecule has 1 aliphatic rings. The van der Waals surface area contributed by atoms with Crippen LogP contribution in [-0.2, 0) is 28.9 Å². The van der Waals surface area contributed by atoms with E-state index in [2.05, 4.69) is 15.9 Å². The topological polar surface area (TPSA) is 86.7 Å². The Kier molecular flexibility index (Phi) is 6.14. The van der Waals surface area contributed by atoms with Crippen molar-refractivity contribution in [1.82, 2.24) is 0 Å². The highest BCUT2D eigenvalue weighted by atomic mass is 79.9. The Hall–Kier alpha value is -2.19. The monoisotopic (exact) mass is 480 g/mol. The van der Waals surface area contributed by atoms with Gasteiger partial charge in [-0.15, -0.1) is 0 Å². The van der Waals surface area contributed by atoms with Crippen molar-refractivity contribution in [2.24, 2.45) is 5.41 Å². The van der Waals surface area contributed by atoms with Crippen LogP contribution in [0.15, 0.2) is 64.0 Å². The highest BCUT2D eigenvalue weighted by molar-refractivity contribution is 9.10. The molecule has 8 heteroatoms. The van der Waals surface area contributed by atoms with E-state index in [9.17, 15) is 18.0 Å². The maximum atomic E-state index is 13.5. The maximum absolute atomic E-state index is 13.5. The molecule has 3 rings (SSSR count). The van der Waals surface area contributed by atoms with Crippen LogP contribution in [-0.4, -0.2) is 38.8 Å². The zero-order valence-electron chi connectivity index (χ0n) is 16.0. The zero-order valence-corrected chi connectivity index (χ0v) is 18.4. The second-order valence-electron chi connectivity index (χ2n) is 6.62. The summed E-state index contributed by atoms with van der Waals surface area (Å²) in [4.78, 5) is 26.0. The predicted octanol–water partition coefficient (Wildman–Crippen LogP) is 3.50. The SMILES string of the molecule is CCOC(=O)C1(C(=O)OCC)[C@H](S(=O)(=O)c2ccccc2)[C@@H]1c1ccc(Br)cc1. The fourth-order valence-electron chi connectivity index (χ4n) is 3.72. The Morgan fingerprint density at radius 1 is 0.931 bits per heavy atom. The number of ether oxygens (including phenoxy) is 2. The van der Waals surface area contributed by atoms with Crippen molar-refractivity contribution in [2.45, 2.75) is 29.9 Å². The minimum atomic E-state index is -4.02. The van der Waals surface area contributed by atoms with Crippen molar-refractivity contribution in [3.63, 3.8) is 0 Å². The molecule has 0 unspecified atom stereocenters. The number of halogens is 1. The molecule has 1 saturated carbocycles. The summed E-state index contributed by atoms with van der Waals surface area (Å²) in [5, 5.41) is -1.31. The highest BCUT2D eigenvalue weighted by Crippen LogP contribution is 2.65. The predicted molar refractivity (Wildman–Crippen MR) is 110 cm³/mol. The van der Waals surface area contributed by atoms with Gasteiger partial charge in [-0.3, -0.25) is 9.59 Å². The third-order valence-electron chi connectivity index (χ3n) is 4.99. The van der Waals surface area contributed by atoms with E-state index in [0.717, 1.165) is 4.47 Å². The van der Waals surface area contributed by atoms with Gasteiger partial charge in [0.1, 0.15) is 5.25 Å². The summed E-state index contributed by atoms with van der Waals surface area (Å²) in [7, 11) is -4.02. The van der Waals surface area contributed by atoms with Crippen molar-refractivity contribution in [3.05, 3.63) is 64.6 Å². The van der Waals surface area contributed by atoms with Gasteiger partial charge < -0.3 is 9.47 Å². The van der Waals surface area contributed by atoms with E-state index in [-0.39, 0.29) is 18.1 Å². The van der Waals surface area contributed by atoms with Gasteiger partial charge in [-0.25, -0.2) is 8.42 Å². The summed E-state index contributed by atoms with van der Waals surface area (Å²) in [5.74, 6) is -2.66. The quantitative estimate of drug-likeness (QED) is 0.445. The summed E-state index contributed by atoms with van der Waals surface area (Å²) in [5.41, 5.74) is -1.38. The molecule has 29 heavy (non-hydrogen) atoms. The van der Waals surface area contributed by atoms with Crippen LogP contribution in [0.3, 0.4) is 0 Å². The molecule has 0 spiro atoms. The molecule has 0 aromatic heterocycles. The Morgan fingerprint density at radius 3 is 1.93 bits per heavy atom. The van der Waals surface area contributed by atoms with Crippen LogP contribution >= 0.6 is 15.9 Å². The number of rotatable bonds is 7. The second-order valence-corrected chi connectivity index (χ2v) is 9.60. The average Bonchev–Trinajstić information content (AvgIpc) is 3.42. The first-order chi connectivity index (χ1) is 13.8. The molecule has 0 N–H and O–H groups in total. The van der Waals surface area contributed by atoms with E-state index >= 15 is 0 Å². The van der Waals surface area contributed by atoms with Crippen molar-refractivity contribution < 1.29 is 27.5 Å². The molecular weight excluding hydrogens is 460 g/mol. The number of hydrogen-bond donors (Lipinski definition) is 0. The molecular formula is C21H21BrO6S. The fourth-order valence-corrected chi connectivity index (χ4v) is 6.29. The number of benzene rings is 2. The Bertz CT molecular complexity index is 983. The lowest BCUT2D eigenvalue weighted by Crippen LogP contribution is -2.35. The minimum Gasteiger partial charge on any atom is -0.465 e. The van der Waals surface area contributed by atoms with Crippen molar-refractivity contribution in [2.75, 3.05) is 13.2 Å². The van der Waals surface area contributed by atoms with Gasteiger partial charge in [0.25, 0.3) is 0 Å². The van der Waals surface area contributed by atoms with Crippen LogP contribution < -0.4 is 0 Å². The van der Waals surface area contributed by atoms with Gasteiger partial charge in [-0.05, 0) is 43.7 Å². The molecule has 0 radical (unpaired) electrons. The van der Waals surface area contributed by atoms with E-state index < -0.39 is 38.4 Å². The highest BCUT2D eigenvalue weighted by Gasteiger charge is 2.81. The van der Waals surface area contributed by atoms with Crippen LogP contribution in [0.4, 0.5) is 0 Å². The van der Waals surface area contributed by atoms with Gasteiger partial charge in [0, 0.05) is 10.4 Å². The molecule has 154 valence electrons. The average molecular weight is 481 g/mol. The molecule has 0 aliphatic heterocycles. The Labute approximate surface area is 178 Å². The first-order valence-corrected chi connectivity index (χ1v) is 11.5. The Balaban J connectivity index is 2.19. The third kappa shape index (κ3) is 3.59. The van der Waals surface area contributed by atoms with Crippen molar-refractivity contribution >= 4 is 37.7 Å². The molecule has 1 fully saturated rings. The molecule has 6 nitrogen and oxygen atoms in total. The molecule has 1 aliphatic carbocycles. The summed E-state index contributed by atoms with van der Waals surface area (Å²) >= 11 is 3.34. The number of sulfone groups is 1. The van der Waals surface area contributed by atoms with E-state index in [1.807, 2.05) is 0 Å². The standard InChI is InChI=1S/C21H21BrO6S/c1-3-27-19(23)21(20(24)28-4-2)17(14-10-12-15(22)13-11-14)18(21)29(25,26)16-8-6-5-7-9-16/h5-13,17-18H,3-4H2,1-2H3/t17-,18+/m0/s1. The molecule has 2 aromatic rings. The van der Waals surface area contributed by atoms with Gasteiger partial charge in [-0.2, -0.15) is 0 Å². The second kappa shape index (κ2) is 8.28. The molecule has 0 bridgehead atoms. The van der Waals surface area contributed by atoms with E-state index in [4.69, 9.17) is 9.47 Å². The maximum Gasteiger partial charge on any atom is 0.325 e. The van der Waals surface area contributed by atoms with Crippen LogP contribution in [0.1, 0.15) is 25.3 Å². The molecule has 0 heterocycles. The van der Waals surface area contributed by atoms with Crippen LogP contribution in [0.25, 0.3) is 0 Å².